The first-order valence-electron chi connectivity index (χ1n) is 3.34. The summed E-state index contributed by atoms with van der Waals surface area (Å²) < 4.78 is 0. The van der Waals surface area contributed by atoms with Gasteiger partial charge in [-0.2, -0.15) is 4.98 Å². The average molecular weight is 148 g/mol. The molecule has 0 unspecified atom stereocenters. The van der Waals surface area contributed by atoms with E-state index >= 15 is 0 Å². The molecule has 2 aromatic heterocycles. The van der Waals surface area contributed by atoms with Crippen molar-refractivity contribution in [2.75, 3.05) is 5.73 Å². The van der Waals surface area contributed by atoms with Crippen LogP contribution in [0.15, 0.2) is 12.3 Å². The van der Waals surface area contributed by atoms with E-state index in [-0.39, 0.29) is 0 Å². The predicted octanol–water partition coefficient (Wildman–Crippen LogP) is 0.849. The minimum Gasteiger partial charge on any atom is -0.368 e. The number of nitrogens with zero attached hydrogens (tertiary/aromatic N) is 2. The number of anilines is 1. The molecule has 0 atom stereocenters. The number of nitrogens with one attached hydrogen (secondary N) is 1. The Morgan fingerprint density at radius 3 is 3.09 bits per heavy atom. The lowest BCUT2D eigenvalue weighted by molar-refractivity contribution is 1.16. The van der Waals surface area contributed by atoms with E-state index in [4.69, 9.17) is 5.73 Å². The van der Waals surface area contributed by atoms with Gasteiger partial charge in [0.15, 0.2) is 0 Å². The Hall–Kier alpha value is -1.58. The largest absolute Gasteiger partial charge is 0.368 e. The number of aryl methyl sites for hydroxylation is 1. The lowest BCUT2D eigenvalue weighted by Crippen LogP contribution is -1.96. The molecule has 4 heteroatoms. The van der Waals surface area contributed by atoms with Gasteiger partial charge in [-0.15, -0.1) is 0 Å². The number of H-pyrrole nitrogens is 1. The molecule has 0 aliphatic carbocycles. The first kappa shape index (κ1) is 6.15. The number of hydrogen-bond acceptors (Lipinski definition) is 3. The second-order valence-corrected chi connectivity index (χ2v) is 2.41. The summed E-state index contributed by atoms with van der Waals surface area (Å²) in [5.74, 6) is 0.317. The second-order valence-electron chi connectivity index (χ2n) is 2.41. The minimum atomic E-state index is 0.317. The zero-order chi connectivity index (χ0) is 7.84. The summed E-state index contributed by atoms with van der Waals surface area (Å²) in [6.07, 6.45) is 1.83. The number of rotatable bonds is 0. The minimum absolute atomic E-state index is 0.317. The van der Waals surface area contributed by atoms with Crippen LogP contribution in [0.3, 0.4) is 0 Å². The Balaban J connectivity index is 2.91. The Kier molecular flexibility index (Phi) is 1.09. The van der Waals surface area contributed by atoms with Gasteiger partial charge in [0.25, 0.3) is 0 Å². The summed E-state index contributed by atoms with van der Waals surface area (Å²) >= 11 is 0. The first-order valence-corrected chi connectivity index (χ1v) is 3.34. The van der Waals surface area contributed by atoms with Gasteiger partial charge in [-0.3, -0.25) is 0 Å². The summed E-state index contributed by atoms with van der Waals surface area (Å²) in [5.41, 5.74) is 7.15. The van der Waals surface area contributed by atoms with E-state index in [0.717, 1.165) is 16.7 Å². The molecule has 0 bridgehead atoms. The maximum absolute atomic E-state index is 5.44. The molecular formula is C7H8N4. The smallest absolute Gasteiger partial charge is 0.222 e. The van der Waals surface area contributed by atoms with Gasteiger partial charge < -0.3 is 10.7 Å². The Morgan fingerprint density at radius 2 is 2.27 bits per heavy atom. The highest BCUT2D eigenvalue weighted by atomic mass is 15.0. The van der Waals surface area contributed by atoms with Crippen molar-refractivity contribution < 1.29 is 0 Å². The van der Waals surface area contributed by atoms with Gasteiger partial charge in [0.05, 0.1) is 5.69 Å². The van der Waals surface area contributed by atoms with E-state index in [2.05, 4.69) is 15.0 Å². The van der Waals surface area contributed by atoms with Crippen molar-refractivity contribution in [3.63, 3.8) is 0 Å². The summed E-state index contributed by atoms with van der Waals surface area (Å²) in [5, 5.41) is 1.03. The number of aromatic amines is 1. The molecule has 2 aromatic rings. The van der Waals surface area contributed by atoms with Gasteiger partial charge in [0, 0.05) is 11.6 Å². The number of nitrogen functional groups attached to an aromatic ring is 1. The van der Waals surface area contributed by atoms with Crippen LogP contribution < -0.4 is 5.73 Å². The maximum Gasteiger partial charge on any atom is 0.222 e. The molecule has 56 valence electrons. The van der Waals surface area contributed by atoms with E-state index in [1.807, 2.05) is 19.2 Å². The van der Waals surface area contributed by atoms with Crippen molar-refractivity contribution in [1.29, 1.82) is 0 Å². The molecule has 3 N–H and O–H groups in total. The van der Waals surface area contributed by atoms with Crippen LogP contribution in [0, 0.1) is 6.92 Å². The van der Waals surface area contributed by atoms with Crippen molar-refractivity contribution in [3.05, 3.63) is 18.0 Å². The molecule has 0 aliphatic heterocycles. The second kappa shape index (κ2) is 1.95. The summed E-state index contributed by atoms with van der Waals surface area (Å²) in [6, 6.07) is 1.93. The molecule has 0 aromatic carbocycles. The van der Waals surface area contributed by atoms with Gasteiger partial charge in [-0.25, -0.2) is 4.98 Å². The van der Waals surface area contributed by atoms with Gasteiger partial charge in [0.1, 0.15) is 5.65 Å². The number of fused-ring (bicyclic) bond motifs is 1. The van der Waals surface area contributed by atoms with Crippen molar-refractivity contribution in [2.45, 2.75) is 6.92 Å². The fourth-order valence-corrected chi connectivity index (χ4v) is 1.12. The Bertz CT molecular complexity index is 390. The van der Waals surface area contributed by atoms with Crippen LogP contribution in [0.2, 0.25) is 0 Å². The van der Waals surface area contributed by atoms with Gasteiger partial charge in [-0.1, -0.05) is 0 Å². The Labute approximate surface area is 63.5 Å². The molecule has 11 heavy (non-hydrogen) atoms. The highest BCUT2D eigenvalue weighted by molar-refractivity contribution is 5.78. The monoisotopic (exact) mass is 148 g/mol. The van der Waals surface area contributed by atoms with Gasteiger partial charge in [0.2, 0.25) is 5.95 Å². The van der Waals surface area contributed by atoms with Crippen LogP contribution in [0.1, 0.15) is 5.69 Å². The third-order valence-electron chi connectivity index (χ3n) is 1.62. The van der Waals surface area contributed by atoms with E-state index in [1.165, 1.54) is 0 Å². The summed E-state index contributed by atoms with van der Waals surface area (Å²) in [4.78, 5) is 11.0. The standard InChI is InChI=1S/C7H8N4/c1-4-5-2-3-9-6(5)11-7(8)10-4/h2-3H,1H3,(H3,8,9,10,11). The molecule has 0 spiro atoms. The third-order valence-corrected chi connectivity index (χ3v) is 1.62. The highest BCUT2D eigenvalue weighted by Gasteiger charge is 2.00. The highest BCUT2D eigenvalue weighted by Crippen LogP contribution is 2.13. The quantitative estimate of drug-likeness (QED) is 0.582. The lowest BCUT2D eigenvalue weighted by Gasteiger charge is -1.95. The zero-order valence-corrected chi connectivity index (χ0v) is 6.13. The van der Waals surface area contributed by atoms with E-state index < -0.39 is 0 Å². The van der Waals surface area contributed by atoms with Crippen LogP contribution in [0.5, 0.6) is 0 Å². The van der Waals surface area contributed by atoms with E-state index in [0.29, 0.717) is 5.95 Å². The van der Waals surface area contributed by atoms with Crippen LogP contribution in [-0.4, -0.2) is 15.0 Å². The van der Waals surface area contributed by atoms with Gasteiger partial charge in [-0.05, 0) is 13.0 Å². The molecule has 0 aliphatic rings. The van der Waals surface area contributed by atoms with Crippen LogP contribution in [-0.2, 0) is 0 Å². The molecule has 0 saturated carbocycles. The number of aromatic nitrogens is 3. The SMILES string of the molecule is Cc1nc(N)nc2[nH]ccc12. The zero-order valence-electron chi connectivity index (χ0n) is 6.13. The molecular weight excluding hydrogens is 140 g/mol. The first-order chi connectivity index (χ1) is 5.27. The van der Waals surface area contributed by atoms with E-state index in [1.54, 1.807) is 0 Å². The molecule has 2 rings (SSSR count). The predicted molar refractivity (Wildman–Crippen MR) is 43.0 cm³/mol. The maximum atomic E-state index is 5.44. The van der Waals surface area contributed by atoms with Gasteiger partial charge >= 0.3 is 0 Å². The van der Waals surface area contributed by atoms with E-state index in [9.17, 15) is 0 Å². The van der Waals surface area contributed by atoms with Crippen LogP contribution >= 0.6 is 0 Å². The fourth-order valence-electron chi connectivity index (χ4n) is 1.12. The fraction of sp³-hybridized carbons (Fsp3) is 0.143. The third kappa shape index (κ3) is 0.832. The van der Waals surface area contributed by atoms with Crippen molar-refractivity contribution in [2.24, 2.45) is 0 Å². The van der Waals surface area contributed by atoms with Crippen LogP contribution in [0.25, 0.3) is 11.0 Å². The normalized spacial score (nSPS) is 10.6. The average Bonchev–Trinajstić information content (AvgIpc) is 2.34. The molecule has 4 nitrogen and oxygen atoms in total. The summed E-state index contributed by atoms with van der Waals surface area (Å²) in [7, 11) is 0. The molecule has 2 heterocycles. The molecule has 0 amide bonds. The summed E-state index contributed by atoms with van der Waals surface area (Å²) in [6.45, 7) is 1.91. The lowest BCUT2D eigenvalue weighted by atomic mass is 10.3. The topological polar surface area (TPSA) is 67.6 Å². The van der Waals surface area contributed by atoms with Crippen molar-refractivity contribution in [3.8, 4) is 0 Å². The Morgan fingerprint density at radius 1 is 1.45 bits per heavy atom. The number of nitrogens with two attached hydrogens (primary N) is 1. The number of hydrogen-bond donors (Lipinski definition) is 2. The van der Waals surface area contributed by atoms with Crippen molar-refractivity contribution in [1.82, 2.24) is 15.0 Å². The van der Waals surface area contributed by atoms with Crippen LogP contribution in [0.4, 0.5) is 5.95 Å². The van der Waals surface area contributed by atoms with Crippen molar-refractivity contribution >= 4 is 17.0 Å². The molecule has 0 saturated heterocycles. The molecule has 0 radical (unpaired) electrons. The molecule has 0 fully saturated rings.